The Labute approximate surface area is 222 Å². The average Bonchev–Trinajstić information content (AvgIpc) is 3.32. The van der Waals surface area contributed by atoms with Crippen LogP contribution in [0.4, 0.5) is 5.69 Å². The summed E-state index contributed by atoms with van der Waals surface area (Å²) >= 11 is 6.31. The third kappa shape index (κ3) is 4.88. The molecule has 3 heterocycles. The maximum atomic E-state index is 13.6. The number of fused-ring (bicyclic) bond motifs is 1. The lowest BCUT2D eigenvalue weighted by Gasteiger charge is -2.40. The van der Waals surface area contributed by atoms with Crippen LogP contribution in [-0.2, 0) is 5.54 Å². The largest absolute Gasteiger partial charge is 0.369 e. The molecule has 0 aliphatic carbocycles. The summed E-state index contributed by atoms with van der Waals surface area (Å²) < 4.78 is 1.84. The van der Waals surface area contributed by atoms with Crippen molar-refractivity contribution in [2.75, 3.05) is 31.1 Å². The van der Waals surface area contributed by atoms with Crippen molar-refractivity contribution in [2.45, 2.75) is 53.1 Å². The number of nitrogens with zero attached hydrogens (tertiary/aromatic N) is 6. The highest BCUT2D eigenvalue weighted by atomic mass is 35.5. The van der Waals surface area contributed by atoms with E-state index < -0.39 is 0 Å². The topological polar surface area (TPSA) is 82.9 Å². The first-order chi connectivity index (χ1) is 17.5. The van der Waals surface area contributed by atoms with E-state index in [0.29, 0.717) is 11.4 Å². The molecule has 1 fully saturated rings. The van der Waals surface area contributed by atoms with Gasteiger partial charge in [-0.3, -0.25) is 9.69 Å². The second-order valence-electron chi connectivity index (χ2n) is 11.1. The summed E-state index contributed by atoms with van der Waals surface area (Å²) in [6.07, 6.45) is 0. The molecular weight excluding hydrogens is 486 g/mol. The fraction of sp³-hybridized carbons (Fsp3) is 0.429. The first-order valence-corrected chi connectivity index (χ1v) is 13.1. The summed E-state index contributed by atoms with van der Waals surface area (Å²) in [6.45, 7) is 15.5. The van der Waals surface area contributed by atoms with Gasteiger partial charge in [-0.1, -0.05) is 23.7 Å². The second kappa shape index (κ2) is 9.58. The van der Waals surface area contributed by atoms with Gasteiger partial charge in [0, 0.05) is 53.4 Å². The molecule has 0 spiro atoms. The Balaban J connectivity index is 1.58. The first-order valence-electron chi connectivity index (χ1n) is 12.7. The number of hydrogen-bond acceptors (Lipinski definition) is 6. The van der Waals surface area contributed by atoms with Gasteiger partial charge in [-0.25, -0.2) is 4.68 Å². The minimum atomic E-state index is -0.384. The lowest BCUT2D eigenvalue weighted by atomic mass is 9.98. The van der Waals surface area contributed by atoms with Gasteiger partial charge >= 0.3 is 0 Å². The van der Waals surface area contributed by atoms with Gasteiger partial charge < -0.3 is 9.88 Å². The minimum Gasteiger partial charge on any atom is -0.369 e. The summed E-state index contributed by atoms with van der Waals surface area (Å²) in [5.41, 5.74) is 5.65. The van der Waals surface area contributed by atoms with Crippen molar-refractivity contribution in [2.24, 2.45) is 0 Å². The highest BCUT2D eigenvalue weighted by molar-refractivity contribution is 6.30. The van der Waals surface area contributed by atoms with Crippen LogP contribution in [0.5, 0.6) is 0 Å². The molecule has 0 amide bonds. The number of pyridine rings is 1. The summed E-state index contributed by atoms with van der Waals surface area (Å²) in [5, 5.41) is 14.6. The molecule has 0 unspecified atom stereocenters. The number of nitrogens with one attached hydrogen (secondary N) is 1. The van der Waals surface area contributed by atoms with E-state index in [1.807, 2.05) is 35.9 Å². The van der Waals surface area contributed by atoms with E-state index in [0.717, 1.165) is 58.9 Å². The van der Waals surface area contributed by atoms with Crippen LogP contribution in [0.1, 0.15) is 54.9 Å². The van der Waals surface area contributed by atoms with Crippen LogP contribution in [0.3, 0.4) is 0 Å². The standard InChI is InChI=1S/C28H34ClN7O/c1-17-13-19(3)21-16-22(27(37)30-23(21)14-17)25(26-31-32-33-36(26)28(4,5)6)35-11-9-34(10-12-35)24-15-20(29)8-7-18(24)2/h7-8,13-16,25H,9-12H2,1-6H3,(H,30,37)/t25-/m0/s1. The van der Waals surface area contributed by atoms with E-state index in [9.17, 15) is 4.79 Å². The molecule has 0 bridgehead atoms. The number of benzene rings is 2. The number of rotatable bonds is 4. The van der Waals surface area contributed by atoms with Gasteiger partial charge in [-0.15, -0.1) is 5.10 Å². The minimum absolute atomic E-state index is 0.112. The molecule has 1 N–H and O–H groups in total. The van der Waals surface area contributed by atoms with Gasteiger partial charge in [0.15, 0.2) is 5.82 Å². The van der Waals surface area contributed by atoms with Crippen LogP contribution in [-0.4, -0.2) is 56.3 Å². The van der Waals surface area contributed by atoms with Crippen LogP contribution < -0.4 is 10.5 Å². The van der Waals surface area contributed by atoms with E-state index in [4.69, 9.17) is 11.6 Å². The summed E-state index contributed by atoms with van der Waals surface area (Å²) in [6, 6.07) is 11.8. The van der Waals surface area contributed by atoms with Crippen LogP contribution in [0, 0.1) is 20.8 Å². The number of H-pyrrole nitrogens is 1. The van der Waals surface area contributed by atoms with Crippen molar-refractivity contribution >= 4 is 28.2 Å². The molecule has 194 valence electrons. The van der Waals surface area contributed by atoms with Crippen molar-refractivity contribution in [3.63, 3.8) is 0 Å². The van der Waals surface area contributed by atoms with Gasteiger partial charge in [0.2, 0.25) is 0 Å². The quantitative estimate of drug-likeness (QED) is 0.418. The maximum absolute atomic E-state index is 13.6. The van der Waals surface area contributed by atoms with Crippen LogP contribution >= 0.6 is 11.6 Å². The number of hydrogen-bond donors (Lipinski definition) is 1. The molecule has 0 saturated carbocycles. The molecule has 0 radical (unpaired) electrons. The first kappa shape index (κ1) is 25.4. The van der Waals surface area contributed by atoms with Gasteiger partial charge in [-0.2, -0.15) is 0 Å². The molecule has 1 saturated heterocycles. The Kier molecular flexibility index (Phi) is 6.58. The van der Waals surface area contributed by atoms with Gasteiger partial charge in [0.25, 0.3) is 5.56 Å². The molecule has 1 aliphatic heterocycles. The van der Waals surface area contributed by atoms with Crippen molar-refractivity contribution in [1.82, 2.24) is 30.1 Å². The lowest BCUT2D eigenvalue weighted by molar-refractivity contribution is 0.190. The fourth-order valence-corrected chi connectivity index (χ4v) is 5.54. The number of anilines is 1. The maximum Gasteiger partial charge on any atom is 0.253 e. The Morgan fingerprint density at radius 1 is 0.973 bits per heavy atom. The van der Waals surface area contributed by atoms with Gasteiger partial charge in [0.1, 0.15) is 6.04 Å². The monoisotopic (exact) mass is 519 g/mol. The SMILES string of the molecule is Cc1cc(C)c2cc([C@@H](c3nnnn3C(C)(C)C)N3CCN(c4cc(Cl)ccc4C)CC3)c(=O)[nH]c2c1. The Hall–Kier alpha value is -3.23. The molecule has 37 heavy (non-hydrogen) atoms. The second-order valence-corrected chi connectivity index (χ2v) is 11.5. The molecular formula is C28H34ClN7O. The predicted octanol–water partition coefficient (Wildman–Crippen LogP) is 4.76. The van der Waals surface area contributed by atoms with Crippen LogP contribution in [0.25, 0.3) is 10.9 Å². The van der Waals surface area contributed by atoms with Gasteiger partial charge in [-0.05, 0) is 92.9 Å². The third-order valence-electron chi connectivity index (χ3n) is 7.20. The van der Waals surface area contributed by atoms with E-state index in [1.165, 1.54) is 5.56 Å². The Bertz CT molecular complexity index is 1510. The summed E-state index contributed by atoms with van der Waals surface area (Å²) in [5.74, 6) is 0.675. The van der Waals surface area contributed by atoms with Crippen molar-refractivity contribution in [3.05, 3.63) is 79.9 Å². The lowest BCUT2D eigenvalue weighted by Crippen LogP contribution is -2.49. The summed E-state index contributed by atoms with van der Waals surface area (Å²) in [4.78, 5) is 21.4. The van der Waals surface area contributed by atoms with E-state index in [1.54, 1.807) is 0 Å². The van der Waals surface area contributed by atoms with E-state index in [-0.39, 0.29) is 17.1 Å². The van der Waals surface area contributed by atoms with E-state index in [2.05, 4.69) is 77.1 Å². The molecule has 2 aromatic carbocycles. The highest BCUT2D eigenvalue weighted by Crippen LogP contribution is 2.32. The molecule has 4 aromatic rings. The smallest absolute Gasteiger partial charge is 0.253 e. The highest BCUT2D eigenvalue weighted by Gasteiger charge is 2.35. The van der Waals surface area contributed by atoms with Crippen molar-refractivity contribution in [3.8, 4) is 0 Å². The fourth-order valence-electron chi connectivity index (χ4n) is 5.38. The molecule has 9 heteroatoms. The molecule has 2 aromatic heterocycles. The number of tetrazole rings is 1. The zero-order valence-electron chi connectivity index (χ0n) is 22.3. The number of halogens is 1. The Morgan fingerprint density at radius 3 is 2.41 bits per heavy atom. The van der Waals surface area contributed by atoms with Crippen LogP contribution in [0.2, 0.25) is 5.02 Å². The van der Waals surface area contributed by atoms with Crippen LogP contribution in [0.15, 0.2) is 41.2 Å². The number of aromatic nitrogens is 5. The van der Waals surface area contributed by atoms with Crippen molar-refractivity contribution in [1.29, 1.82) is 0 Å². The zero-order valence-corrected chi connectivity index (χ0v) is 23.1. The normalized spacial score (nSPS) is 15.9. The average molecular weight is 520 g/mol. The number of piperazine rings is 1. The molecule has 1 aliphatic rings. The molecule has 1 atom stereocenters. The molecule has 8 nitrogen and oxygen atoms in total. The van der Waals surface area contributed by atoms with E-state index >= 15 is 0 Å². The number of aryl methyl sites for hydroxylation is 3. The number of aromatic amines is 1. The van der Waals surface area contributed by atoms with Crippen molar-refractivity contribution < 1.29 is 0 Å². The predicted molar refractivity (Wildman–Crippen MR) is 149 cm³/mol. The zero-order chi connectivity index (χ0) is 26.5. The Morgan fingerprint density at radius 2 is 1.70 bits per heavy atom. The molecule has 5 rings (SSSR count). The summed E-state index contributed by atoms with van der Waals surface area (Å²) in [7, 11) is 0. The third-order valence-corrected chi connectivity index (χ3v) is 7.44. The van der Waals surface area contributed by atoms with Gasteiger partial charge in [0.05, 0.1) is 5.54 Å².